The lowest BCUT2D eigenvalue weighted by molar-refractivity contribution is 0.0961. The first-order valence-electron chi connectivity index (χ1n) is 6.48. The first kappa shape index (κ1) is 10.8. The van der Waals surface area contributed by atoms with E-state index in [4.69, 9.17) is 9.47 Å². The second-order valence-corrected chi connectivity index (χ2v) is 4.97. The summed E-state index contributed by atoms with van der Waals surface area (Å²) in [5.41, 5.74) is 0.906. The Labute approximate surface area is 101 Å². The number of aryl methyl sites for hydroxylation is 1. The van der Waals surface area contributed by atoms with Crippen LogP contribution >= 0.6 is 0 Å². The lowest BCUT2D eigenvalue weighted by atomic mass is 9.96. The summed E-state index contributed by atoms with van der Waals surface area (Å²) in [5, 5.41) is 0. The van der Waals surface area contributed by atoms with Crippen molar-refractivity contribution in [2.45, 2.75) is 57.7 Å². The van der Waals surface area contributed by atoms with Crippen LogP contribution in [0.25, 0.3) is 0 Å². The van der Waals surface area contributed by atoms with Gasteiger partial charge in [0.2, 0.25) is 5.88 Å². The number of nitrogens with zero attached hydrogens (tertiary/aromatic N) is 2. The van der Waals surface area contributed by atoms with Crippen molar-refractivity contribution in [2.75, 3.05) is 0 Å². The van der Waals surface area contributed by atoms with Crippen molar-refractivity contribution < 1.29 is 9.47 Å². The molecule has 1 aromatic heterocycles. The van der Waals surface area contributed by atoms with Crippen LogP contribution < -0.4 is 9.47 Å². The van der Waals surface area contributed by atoms with E-state index < -0.39 is 0 Å². The summed E-state index contributed by atoms with van der Waals surface area (Å²) in [4.78, 5) is 8.62. The molecule has 0 radical (unpaired) electrons. The Hall–Kier alpha value is -1.32. The molecule has 4 nitrogen and oxygen atoms in total. The van der Waals surface area contributed by atoms with E-state index in [0.717, 1.165) is 31.4 Å². The van der Waals surface area contributed by atoms with E-state index in [2.05, 4.69) is 9.97 Å². The molecule has 2 aliphatic carbocycles. The van der Waals surface area contributed by atoms with E-state index in [1.807, 2.05) is 13.0 Å². The van der Waals surface area contributed by atoms with E-state index in [9.17, 15) is 0 Å². The van der Waals surface area contributed by atoms with Gasteiger partial charge in [-0.3, -0.25) is 0 Å². The van der Waals surface area contributed by atoms with Crippen LogP contribution in [0.2, 0.25) is 0 Å². The van der Waals surface area contributed by atoms with Gasteiger partial charge in [0.25, 0.3) is 0 Å². The standard InChI is InChI=1S/C13H18N2O2/c1-9-8-12(16-10-4-2-5-10)15-13(14-9)17-11-6-3-7-11/h8,10-11H,2-7H2,1H3. The number of hydrogen-bond donors (Lipinski definition) is 0. The van der Waals surface area contributed by atoms with Crippen molar-refractivity contribution in [2.24, 2.45) is 0 Å². The van der Waals surface area contributed by atoms with Crippen molar-refractivity contribution >= 4 is 0 Å². The molecule has 0 aromatic carbocycles. The molecule has 3 rings (SSSR count). The molecule has 0 unspecified atom stereocenters. The minimum atomic E-state index is 0.313. The molecule has 0 atom stereocenters. The average Bonchev–Trinajstić information content (AvgIpc) is 2.17. The van der Waals surface area contributed by atoms with Crippen LogP contribution in [0.1, 0.15) is 44.2 Å². The zero-order valence-electron chi connectivity index (χ0n) is 10.2. The fourth-order valence-corrected chi connectivity index (χ4v) is 1.92. The maximum absolute atomic E-state index is 5.77. The molecule has 0 amide bonds. The van der Waals surface area contributed by atoms with E-state index in [1.165, 1.54) is 12.8 Å². The Bertz CT molecular complexity index is 366. The Kier molecular flexibility index (Phi) is 2.87. The van der Waals surface area contributed by atoms with Crippen LogP contribution in [-0.4, -0.2) is 22.2 Å². The van der Waals surface area contributed by atoms with E-state index in [1.54, 1.807) is 0 Å². The summed E-state index contributed by atoms with van der Waals surface area (Å²) in [6, 6.07) is 2.36. The molecule has 4 heteroatoms. The second kappa shape index (κ2) is 4.51. The smallest absolute Gasteiger partial charge is 0.320 e. The highest BCUT2D eigenvalue weighted by Crippen LogP contribution is 2.27. The van der Waals surface area contributed by atoms with Gasteiger partial charge in [-0.25, -0.2) is 4.98 Å². The molecule has 92 valence electrons. The summed E-state index contributed by atoms with van der Waals surface area (Å²) in [5.74, 6) is 0.663. The molecule has 2 aliphatic rings. The van der Waals surface area contributed by atoms with Crippen LogP contribution in [0.3, 0.4) is 0 Å². The lowest BCUT2D eigenvalue weighted by Gasteiger charge is -2.27. The quantitative estimate of drug-likeness (QED) is 0.803. The van der Waals surface area contributed by atoms with Gasteiger partial charge >= 0.3 is 6.01 Å². The van der Waals surface area contributed by atoms with Gasteiger partial charge in [0, 0.05) is 11.8 Å². The fourth-order valence-electron chi connectivity index (χ4n) is 1.92. The van der Waals surface area contributed by atoms with Crippen molar-refractivity contribution in [3.05, 3.63) is 11.8 Å². The Morgan fingerprint density at radius 3 is 2.24 bits per heavy atom. The minimum Gasteiger partial charge on any atom is -0.474 e. The van der Waals surface area contributed by atoms with Gasteiger partial charge in [-0.2, -0.15) is 4.98 Å². The average molecular weight is 234 g/mol. The topological polar surface area (TPSA) is 44.2 Å². The summed E-state index contributed by atoms with van der Waals surface area (Å²) < 4.78 is 11.5. The SMILES string of the molecule is Cc1cc(OC2CCC2)nc(OC2CCC2)n1. The highest BCUT2D eigenvalue weighted by atomic mass is 16.5. The van der Waals surface area contributed by atoms with Crippen molar-refractivity contribution in [3.8, 4) is 11.9 Å². The van der Waals surface area contributed by atoms with Gasteiger partial charge in [-0.1, -0.05) is 0 Å². The van der Waals surface area contributed by atoms with Crippen molar-refractivity contribution in [1.29, 1.82) is 0 Å². The maximum atomic E-state index is 5.77. The highest BCUT2D eigenvalue weighted by molar-refractivity contribution is 5.18. The third-order valence-corrected chi connectivity index (χ3v) is 3.47. The Morgan fingerprint density at radius 2 is 1.65 bits per heavy atom. The van der Waals surface area contributed by atoms with Crippen molar-refractivity contribution in [1.82, 2.24) is 9.97 Å². The van der Waals surface area contributed by atoms with Gasteiger partial charge in [0.15, 0.2) is 0 Å². The molecule has 1 aromatic rings. The van der Waals surface area contributed by atoms with Gasteiger partial charge < -0.3 is 9.47 Å². The minimum absolute atomic E-state index is 0.313. The highest BCUT2D eigenvalue weighted by Gasteiger charge is 2.22. The number of aromatic nitrogens is 2. The summed E-state index contributed by atoms with van der Waals surface area (Å²) >= 11 is 0. The predicted octanol–water partition coefficient (Wildman–Crippen LogP) is 2.65. The van der Waals surface area contributed by atoms with Crippen LogP contribution in [0.4, 0.5) is 0 Å². The monoisotopic (exact) mass is 234 g/mol. The first-order valence-corrected chi connectivity index (χ1v) is 6.48. The van der Waals surface area contributed by atoms with Crippen LogP contribution in [-0.2, 0) is 0 Å². The summed E-state index contributed by atoms with van der Waals surface area (Å²) in [7, 11) is 0. The third kappa shape index (κ3) is 2.51. The molecular weight excluding hydrogens is 216 g/mol. The Morgan fingerprint density at radius 1 is 1.00 bits per heavy atom. The number of rotatable bonds is 4. The summed E-state index contributed by atoms with van der Waals surface area (Å²) in [6.07, 6.45) is 7.70. The molecule has 0 saturated heterocycles. The largest absolute Gasteiger partial charge is 0.474 e. The van der Waals surface area contributed by atoms with E-state index >= 15 is 0 Å². The molecule has 17 heavy (non-hydrogen) atoms. The van der Waals surface area contributed by atoms with Gasteiger partial charge in [-0.05, 0) is 45.4 Å². The molecule has 0 bridgehead atoms. The molecule has 1 heterocycles. The van der Waals surface area contributed by atoms with Crippen LogP contribution in [0.5, 0.6) is 11.9 Å². The first-order chi connectivity index (χ1) is 8.29. The molecule has 0 spiro atoms. The normalized spacial score (nSPS) is 20.5. The zero-order valence-corrected chi connectivity index (χ0v) is 10.2. The molecule has 0 aliphatic heterocycles. The molecule has 0 N–H and O–H groups in total. The third-order valence-electron chi connectivity index (χ3n) is 3.47. The Balaban J connectivity index is 1.68. The summed E-state index contributed by atoms with van der Waals surface area (Å²) in [6.45, 7) is 1.95. The van der Waals surface area contributed by atoms with Crippen molar-refractivity contribution in [3.63, 3.8) is 0 Å². The van der Waals surface area contributed by atoms with Gasteiger partial charge in [0.1, 0.15) is 12.2 Å². The maximum Gasteiger partial charge on any atom is 0.320 e. The molecule has 2 fully saturated rings. The van der Waals surface area contributed by atoms with E-state index in [0.29, 0.717) is 24.1 Å². The zero-order chi connectivity index (χ0) is 11.7. The predicted molar refractivity (Wildman–Crippen MR) is 63.3 cm³/mol. The van der Waals surface area contributed by atoms with Crippen LogP contribution in [0.15, 0.2) is 6.07 Å². The van der Waals surface area contributed by atoms with Crippen LogP contribution in [0, 0.1) is 6.92 Å². The lowest BCUT2D eigenvalue weighted by Crippen LogP contribution is -2.27. The van der Waals surface area contributed by atoms with E-state index in [-0.39, 0.29) is 0 Å². The fraction of sp³-hybridized carbons (Fsp3) is 0.692. The molecular formula is C13H18N2O2. The second-order valence-electron chi connectivity index (χ2n) is 4.97. The molecule has 2 saturated carbocycles. The van der Waals surface area contributed by atoms with Gasteiger partial charge in [0.05, 0.1) is 0 Å². The van der Waals surface area contributed by atoms with Gasteiger partial charge in [-0.15, -0.1) is 0 Å². The number of hydrogen-bond acceptors (Lipinski definition) is 4. The number of ether oxygens (including phenoxy) is 2.